The molecule has 0 aromatic carbocycles. The zero-order chi connectivity index (χ0) is 16.2. The summed E-state index contributed by atoms with van der Waals surface area (Å²) in [4.78, 5) is 4.83. The van der Waals surface area contributed by atoms with Crippen LogP contribution >= 0.6 is 24.0 Å². The van der Waals surface area contributed by atoms with Crippen molar-refractivity contribution in [1.82, 2.24) is 10.6 Å². The fraction of sp³-hybridized carbons (Fsp3) is 0.737. The molecule has 25 heavy (non-hydrogen) atoms. The Hall–Kier alpha value is -0.760. The molecule has 1 aliphatic heterocycles. The summed E-state index contributed by atoms with van der Waals surface area (Å²) in [6.07, 6.45) is 10.3. The van der Waals surface area contributed by atoms with Gasteiger partial charge >= 0.3 is 0 Å². The van der Waals surface area contributed by atoms with Gasteiger partial charge in [0.15, 0.2) is 5.96 Å². The number of nitrogens with one attached hydrogen (secondary N) is 2. The molecule has 0 spiro atoms. The summed E-state index contributed by atoms with van der Waals surface area (Å²) in [6, 6.07) is 5.05. The quantitative estimate of drug-likeness (QED) is 0.403. The second kappa shape index (κ2) is 9.26. The van der Waals surface area contributed by atoms with E-state index in [1.807, 2.05) is 12.1 Å². The molecule has 2 heterocycles. The van der Waals surface area contributed by atoms with Gasteiger partial charge in [0, 0.05) is 38.3 Å². The highest BCUT2D eigenvalue weighted by Gasteiger charge is 2.39. The van der Waals surface area contributed by atoms with Crippen LogP contribution in [0.1, 0.15) is 44.3 Å². The highest BCUT2D eigenvalue weighted by Crippen LogP contribution is 2.44. The van der Waals surface area contributed by atoms with Crippen LogP contribution in [0.15, 0.2) is 27.8 Å². The number of halogens is 1. The topological polar surface area (TPSA) is 58.8 Å². The smallest absolute Gasteiger partial charge is 0.191 e. The van der Waals surface area contributed by atoms with E-state index in [-0.39, 0.29) is 24.0 Å². The lowest BCUT2D eigenvalue weighted by molar-refractivity contribution is 0.0821. The van der Waals surface area contributed by atoms with Crippen molar-refractivity contribution in [1.29, 1.82) is 0 Å². The van der Waals surface area contributed by atoms with Gasteiger partial charge < -0.3 is 19.8 Å². The molecule has 2 aliphatic carbocycles. The minimum Gasteiger partial charge on any atom is -0.469 e. The molecule has 2 saturated carbocycles. The van der Waals surface area contributed by atoms with E-state index in [0.29, 0.717) is 12.1 Å². The summed E-state index contributed by atoms with van der Waals surface area (Å²) in [5.41, 5.74) is 0. The highest BCUT2D eigenvalue weighted by molar-refractivity contribution is 14.0. The number of guanidine groups is 1. The van der Waals surface area contributed by atoms with Crippen molar-refractivity contribution in [3.05, 3.63) is 24.2 Å². The van der Waals surface area contributed by atoms with Crippen LogP contribution in [0.2, 0.25) is 0 Å². The SMILES string of the molecule is I.c1coc(CCN=C(NC2CCOCC2)NC2CC3CCC2C3)c1. The standard InChI is InChI=1S/C19H29N3O2.HI/c1-2-17(24-9-1)5-8-20-19(21-16-6-10-23-11-7-16)22-18-13-14-3-4-15(18)12-14;/h1-2,9,14-16,18H,3-8,10-13H2,(H2,20,21,22);1H. The third-order valence-electron chi connectivity index (χ3n) is 5.83. The lowest BCUT2D eigenvalue weighted by Gasteiger charge is -2.29. The largest absolute Gasteiger partial charge is 0.469 e. The Balaban J connectivity index is 0.00000182. The van der Waals surface area contributed by atoms with E-state index in [4.69, 9.17) is 14.1 Å². The molecule has 3 aliphatic rings. The van der Waals surface area contributed by atoms with Crippen molar-refractivity contribution in [3.63, 3.8) is 0 Å². The second-order valence-electron chi connectivity index (χ2n) is 7.52. The Morgan fingerprint density at radius 2 is 2.00 bits per heavy atom. The van der Waals surface area contributed by atoms with E-state index in [1.54, 1.807) is 6.26 Å². The fourth-order valence-electron chi connectivity index (χ4n) is 4.50. The molecule has 1 aromatic rings. The summed E-state index contributed by atoms with van der Waals surface area (Å²) >= 11 is 0. The van der Waals surface area contributed by atoms with Gasteiger partial charge in [0.05, 0.1) is 6.26 Å². The minimum atomic E-state index is 0. The fourth-order valence-corrected chi connectivity index (χ4v) is 4.50. The van der Waals surface area contributed by atoms with Crippen molar-refractivity contribution >= 4 is 29.9 Å². The molecule has 3 atom stereocenters. The number of nitrogens with zero attached hydrogens (tertiary/aromatic N) is 1. The molecule has 3 unspecified atom stereocenters. The number of hydrogen-bond acceptors (Lipinski definition) is 3. The molecule has 0 radical (unpaired) electrons. The molecule has 4 rings (SSSR count). The average molecular weight is 459 g/mol. The predicted octanol–water partition coefficient (Wildman–Crippen LogP) is 3.34. The molecular formula is C19H30IN3O2. The lowest BCUT2D eigenvalue weighted by atomic mass is 9.95. The van der Waals surface area contributed by atoms with E-state index >= 15 is 0 Å². The first kappa shape index (κ1) is 19.0. The van der Waals surface area contributed by atoms with Gasteiger partial charge in [-0.05, 0) is 56.1 Å². The van der Waals surface area contributed by atoms with Crippen LogP contribution in [0.4, 0.5) is 0 Å². The van der Waals surface area contributed by atoms with Crippen molar-refractivity contribution in [3.8, 4) is 0 Å². The Bertz CT molecular complexity index is 543. The Labute approximate surface area is 167 Å². The van der Waals surface area contributed by atoms with Crippen LogP contribution in [-0.2, 0) is 11.2 Å². The normalized spacial score (nSPS) is 29.4. The molecule has 1 aromatic heterocycles. The third kappa shape index (κ3) is 5.12. The minimum absolute atomic E-state index is 0. The third-order valence-corrected chi connectivity index (χ3v) is 5.83. The maximum absolute atomic E-state index is 5.47. The molecule has 2 N–H and O–H groups in total. The van der Waals surface area contributed by atoms with E-state index in [2.05, 4.69) is 10.6 Å². The summed E-state index contributed by atoms with van der Waals surface area (Å²) in [5.74, 6) is 3.79. The summed E-state index contributed by atoms with van der Waals surface area (Å²) < 4.78 is 10.9. The van der Waals surface area contributed by atoms with Crippen LogP contribution in [0.3, 0.4) is 0 Å². The number of ether oxygens (including phenoxy) is 1. The highest BCUT2D eigenvalue weighted by atomic mass is 127. The summed E-state index contributed by atoms with van der Waals surface area (Å²) in [6.45, 7) is 2.46. The van der Waals surface area contributed by atoms with Crippen molar-refractivity contribution in [2.45, 2.75) is 57.0 Å². The molecule has 6 heteroatoms. The van der Waals surface area contributed by atoms with E-state index < -0.39 is 0 Å². The van der Waals surface area contributed by atoms with E-state index in [1.165, 1.54) is 25.7 Å². The van der Waals surface area contributed by atoms with Gasteiger partial charge in [-0.25, -0.2) is 0 Å². The average Bonchev–Trinajstić information content (AvgIpc) is 3.34. The molecule has 3 fully saturated rings. The van der Waals surface area contributed by atoms with Crippen LogP contribution in [-0.4, -0.2) is 37.8 Å². The predicted molar refractivity (Wildman–Crippen MR) is 109 cm³/mol. The van der Waals surface area contributed by atoms with E-state index in [9.17, 15) is 0 Å². The number of furan rings is 1. The number of rotatable bonds is 5. The Kier molecular flexibility index (Phi) is 7.04. The zero-order valence-corrected chi connectivity index (χ0v) is 17.1. The molecule has 140 valence electrons. The van der Waals surface area contributed by atoms with Gasteiger partial charge in [-0.1, -0.05) is 6.42 Å². The Morgan fingerprint density at radius 1 is 1.12 bits per heavy atom. The first-order valence-corrected chi connectivity index (χ1v) is 9.54. The summed E-state index contributed by atoms with van der Waals surface area (Å²) in [7, 11) is 0. The van der Waals surface area contributed by atoms with Crippen LogP contribution in [0.25, 0.3) is 0 Å². The van der Waals surface area contributed by atoms with Gasteiger partial charge in [0.25, 0.3) is 0 Å². The van der Waals surface area contributed by atoms with Crippen molar-refractivity contribution < 1.29 is 9.15 Å². The van der Waals surface area contributed by atoms with Gasteiger partial charge in [0.2, 0.25) is 0 Å². The molecule has 5 nitrogen and oxygen atoms in total. The van der Waals surface area contributed by atoms with E-state index in [0.717, 1.165) is 62.6 Å². The molecule has 1 saturated heterocycles. The number of hydrogen-bond donors (Lipinski definition) is 2. The van der Waals surface area contributed by atoms with Crippen molar-refractivity contribution in [2.24, 2.45) is 16.8 Å². The van der Waals surface area contributed by atoms with Gasteiger partial charge in [-0.15, -0.1) is 24.0 Å². The second-order valence-corrected chi connectivity index (χ2v) is 7.52. The maximum Gasteiger partial charge on any atom is 0.191 e. The zero-order valence-electron chi connectivity index (χ0n) is 14.8. The van der Waals surface area contributed by atoms with Gasteiger partial charge in [-0.2, -0.15) is 0 Å². The first-order valence-electron chi connectivity index (χ1n) is 9.54. The molecule has 0 amide bonds. The molecular weight excluding hydrogens is 429 g/mol. The maximum atomic E-state index is 5.47. The monoisotopic (exact) mass is 459 g/mol. The number of fused-ring (bicyclic) bond motifs is 2. The first-order chi connectivity index (χ1) is 11.9. The van der Waals surface area contributed by atoms with Crippen LogP contribution in [0.5, 0.6) is 0 Å². The van der Waals surface area contributed by atoms with Gasteiger partial charge in [0.1, 0.15) is 5.76 Å². The van der Waals surface area contributed by atoms with Crippen LogP contribution < -0.4 is 10.6 Å². The Morgan fingerprint density at radius 3 is 2.68 bits per heavy atom. The van der Waals surface area contributed by atoms with Crippen molar-refractivity contribution in [2.75, 3.05) is 19.8 Å². The lowest BCUT2D eigenvalue weighted by Crippen LogP contribution is -2.50. The van der Waals surface area contributed by atoms with Gasteiger partial charge in [-0.3, -0.25) is 4.99 Å². The van der Waals surface area contributed by atoms with Crippen LogP contribution in [0, 0.1) is 11.8 Å². The number of aliphatic imine (C=N–C) groups is 1. The summed E-state index contributed by atoms with van der Waals surface area (Å²) in [5, 5.41) is 7.39. The molecule has 2 bridgehead atoms.